The second kappa shape index (κ2) is 4.17. The van der Waals surface area contributed by atoms with Crippen LogP contribution in [0, 0.1) is 6.92 Å². The molecule has 96 valence electrons. The van der Waals surface area contributed by atoms with Gasteiger partial charge in [0.25, 0.3) is 0 Å². The largest absolute Gasteiger partial charge is 0.476 e. The van der Waals surface area contributed by atoms with Crippen molar-refractivity contribution in [3.05, 3.63) is 35.0 Å². The van der Waals surface area contributed by atoms with Crippen LogP contribution in [0.15, 0.2) is 24.3 Å². The van der Waals surface area contributed by atoms with Gasteiger partial charge in [0.15, 0.2) is 5.69 Å². The van der Waals surface area contributed by atoms with E-state index in [9.17, 15) is 4.79 Å². The quantitative estimate of drug-likeness (QED) is 0.779. The van der Waals surface area contributed by atoms with Crippen molar-refractivity contribution in [1.82, 2.24) is 14.8 Å². The molecule has 0 radical (unpaired) electrons. The summed E-state index contributed by atoms with van der Waals surface area (Å²) in [5, 5.41) is 14.0. The molecule has 1 aromatic carbocycles. The minimum absolute atomic E-state index is 0.0516. The molecule has 0 bridgehead atoms. The Morgan fingerprint density at radius 1 is 1.42 bits per heavy atom. The lowest BCUT2D eigenvalue weighted by Crippen LogP contribution is -1.99. The SMILES string of the molecule is Cc1nc2cccc(-c3cc(C(=O)O)nn3C)c2s1. The van der Waals surface area contributed by atoms with Crippen molar-refractivity contribution < 1.29 is 9.90 Å². The molecule has 6 heteroatoms. The summed E-state index contributed by atoms with van der Waals surface area (Å²) in [4.78, 5) is 15.4. The number of carbonyl (C=O) groups is 1. The Hall–Kier alpha value is -2.21. The first-order valence-electron chi connectivity index (χ1n) is 5.70. The maximum atomic E-state index is 11.0. The third-order valence-electron chi connectivity index (χ3n) is 2.90. The van der Waals surface area contributed by atoms with Crippen LogP contribution < -0.4 is 0 Å². The zero-order valence-electron chi connectivity index (χ0n) is 10.4. The molecule has 0 amide bonds. The monoisotopic (exact) mass is 273 g/mol. The standard InChI is InChI=1S/C13H11N3O2S/c1-7-14-9-5-3-4-8(12(9)19-7)11-6-10(13(17)18)15-16(11)2/h3-6H,1-2H3,(H,17,18). The molecule has 0 saturated carbocycles. The molecule has 0 fully saturated rings. The molecule has 0 aliphatic heterocycles. The lowest BCUT2D eigenvalue weighted by molar-refractivity contribution is 0.0689. The van der Waals surface area contributed by atoms with Gasteiger partial charge in [-0.25, -0.2) is 9.78 Å². The fourth-order valence-corrected chi connectivity index (χ4v) is 3.03. The fourth-order valence-electron chi connectivity index (χ4n) is 2.09. The van der Waals surface area contributed by atoms with E-state index >= 15 is 0 Å². The molecule has 5 nitrogen and oxygen atoms in total. The Balaban J connectivity index is 2.26. The van der Waals surface area contributed by atoms with Crippen LogP contribution in [0.5, 0.6) is 0 Å². The average Bonchev–Trinajstić information content (AvgIpc) is 2.90. The van der Waals surface area contributed by atoms with Crippen LogP contribution in [0.2, 0.25) is 0 Å². The predicted octanol–water partition coefficient (Wildman–Crippen LogP) is 2.70. The average molecular weight is 273 g/mol. The number of thiazole rings is 1. The van der Waals surface area contributed by atoms with E-state index in [0.29, 0.717) is 0 Å². The first-order chi connectivity index (χ1) is 9.06. The number of hydrogen-bond acceptors (Lipinski definition) is 4. The third kappa shape index (κ3) is 1.90. The highest BCUT2D eigenvalue weighted by Gasteiger charge is 2.15. The van der Waals surface area contributed by atoms with E-state index in [-0.39, 0.29) is 5.69 Å². The molecule has 3 aromatic rings. The predicted molar refractivity (Wildman–Crippen MR) is 73.5 cm³/mol. The van der Waals surface area contributed by atoms with Crippen LogP contribution in [0.3, 0.4) is 0 Å². The van der Waals surface area contributed by atoms with Crippen molar-refractivity contribution >= 4 is 27.5 Å². The first-order valence-corrected chi connectivity index (χ1v) is 6.52. The summed E-state index contributed by atoms with van der Waals surface area (Å²) < 4.78 is 2.65. The second-order valence-corrected chi connectivity index (χ2v) is 5.43. The van der Waals surface area contributed by atoms with E-state index in [2.05, 4.69) is 10.1 Å². The van der Waals surface area contributed by atoms with Gasteiger partial charge in [-0.1, -0.05) is 12.1 Å². The van der Waals surface area contributed by atoms with Crippen molar-refractivity contribution in [2.45, 2.75) is 6.92 Å². The maximum absolute atomic E-state index is 11.0. The van der Waals surface area contributed by atoms with Gasteiger partial charge in [-0.15, -0.1) is 11.3 Å². The minimum Gasteiger partial charge on any atom is -0.476 e. The number of nitrogens with zero attached hydrogens (tertiary/aromatic N) is 3. The minimum atomic E-state index is -1.02. The molecule has 0 spiro atoms. The van der Waals surface area contributed by atoms with Crippen molar-refractivity contribution in [2.75, 3.05) is 0 Å². The van der Waals surface area contributed by atoms with Crippen molar-refractivity contribution in [3.63, 3.8) is 0 Å². The lowest BCUT2D eigenvalue weighted by Gasteiger charge is -2.02. The smallest absolute Gasteiger partial charge is 0.356 e. The fraction of sp³-hybridized carbons (Fsp3) is 0.154. The van der Waals surface area contributed by atoms with Gasteiger partial charge in [0, 0.05) is 12.6 Å². The van der Waals surface area contributed by atoms with Crippen LogP contribution >= 0.6 is 11.3 Å². The molecule has 1 N–H and O–H groups in total. The number of carboxylic acid groups (broad SMARTS) is 1. The molecule has 2 heterocycles. The van der Waals surface area contributed by atoms with Gasteiger partial charge in [-0.3, -0.25) is 4.68 Å². The van der Waals surface area contributed by atoms with Gasteiger partial charge >= 0.3 is 5.97 Å². The van der Waals surface area contributed by atoms with E-state index < -0.39 is 5.97 Å². The molecular formula is C13H11N3O2S. The third-order valence-corrected chi connectivity index (χ3v) is 3.92. The van der Waals surface area contributed by atoms with E-state index in [0.717, 1.165) is 26.5 Å². The molecule has 0 unspecified atom stereocenters. The highest BCUT2D eigenvalue weighted by atomic mass is 32.1. The molecule has 3 rings (SSSR count). The Labute approximate surface area is 113 Å². The number of carboxylic acids is 1. The topological polar surface area (TPSA) is 68.0 Å². The zero-order valence-corrected chi connectivity index (χ0v) is 11.2. The molecule has 0 aliphatic carbocycles. The Morgan fingerprint density at radius 3 is 2.89 bits per heavy atom. The number of rotatable bonds is 2. The van der Waals surface area contributed by atoms with Crippen molar-refractivity contribution in [2.24, 2.45) is 7.05 Å². The van der Waals surface area contributed by atoms with E-state index in [1.54, 1.807) is 29.1 Å². The van der Waals surface area contributed by atoms with Crippen LogP contribution in [-0.2, 0) is 7.05 Å². The number of aryl methyl sites for hydroxylation is 2. The molecule has 0 atom stereocenters. The van der Waals surface area contributed by atoms with E-state index in [1.807, 2.05) is 25.1 Å². The van der Waals surface area contributed by atoms with Gasteiger partial charge in [0.1, 0.15) is 0 Å². The summed E-state index contributed by atoms with van der Waals surface area (Å²) in [6, 6.07) is 7.43. The van der Waals surface area contributed by atoms with Gasteiger partial charge < -0.3 is 5.11 Å². The summed E-state index contributed by atoms with van der Waals surface area (Å²) in [6.07, 6.45) is 0. The lowest BCUT2D eigenvalue weighted by atomic mass is 10.1. The summed E-state index contributed by atoms with van der Waals surface area (Å²) in [5.41, 5.74) is 2.73. The van der Waals surface area contributed by atoms with Crippen LogP contribution in [-0.4, -0.2) is 25.8 Å². The highest BCUT2D eigenvalue weighted by Crippen LogP contribution is 2.32. The molecule has 19 heavy (non-hydrogen) atoms. The number of aromatic carboxylic acids is 1. The first kappa shape index (κ1) is 11.9. The summed E-state index contributed by atoms with van der Waals surface area (Å²) in [5.74, 6) is -1.02. The zero-order chi connectivity index (χ0) is 13.6. The number of benzene rings is 1. The maximum Gasteiger partial charge on any atom is 0.356 e. The summed E-state index contributed by atoms with van der Waals surface area (Å²) >= 11 is 1.60. The van der Waals surface area contributed by atoms with Crippen LogP contribution in [0.25, 0.3) is 21.5 Å². The highest BCUT2D eigenvalue weighted by molar-refractivity contribution is 7.19. The van der Waals surface area contributed by atoms with E-state index in [4.69, 9.17) is 5.11 Å². The van der Waals surface area contributed by atoms with Crippen molar-refractivity contribution in [1.29, 1.82) is 0 Å². The van der Waals surface area contributed by atoms with Crippen LogP contribution in [0.4, 0.5) is 0 Å². The van der Waals surface area contributed by atoms with Gasteiger partial charge in [0.2, 0.25) is 0 Å². The summed E-state index contributed by atoms with van der Waals surface area (Å²) in [7, 11) is 1.74. The molecule has 0 aliphatic rings. The number of hydrogen-bond donors (Lipinski definition) is 1. The molecular weight excluding hydrogens is 262 g/mol. The van der Waals surface area contributed by atoms with Gasteiger partial charge in [-0.05, 0) is 19.1 Å². The second-order valence-electron chi connectivity index (χ2n) is 4.23. The number of fused-ring (bicyclic) bond motifs is 1. The summed E-state index contributed by atoms with van der Waals surface area (Å²) in [6.45, 7) is 1.96. The Kier molecular flexibility index (Phi) is 2.60. The molecule has 2 aromatic heterocycles. The van der Waals surface area contributed by atoms with Gasteiger partial charge in [-0.2, -0.15) is 5.10 Å². The van der Waals surface area contributed by atoms with Gasteiger partial charge in [0.05, 0.1) is 20.9 Å². The molecule has 0 saturated heterocycles. The Bertz CT molecular complexity index is 788. The van der Waals surface area contributed by atoms with E-state index in [1.165, 1.54) is 0 Å². The number of aromatic nitrogens is 3. The van der Waals surface area contributed by atoms with Crippen LogP contribution in [0.1, 0.15) is 15.5 Å². The van der Waals surface area contributed by atoms with Crippen molar-refractivity contribution in [3.8, 4) is 11.3 Å². The normalized spacial score (nSPS) is 11.1. The Morgan fingerprint density at radius 2 is 2.21 bits per heavy atom.